The standard InChI is InChI=1S/C16H15N3O/c1-13(9-10-14-6-3-2-4-7-14)18-19-16(20)15-8-5-11-17-12-15/h2-12,18H,1H2,(H,19,20). The van der Waals surface area contributed by atoms with Crippen LogP contribution >= 0.6 is 0 Å². The van der Waals surface area contributed by atoms with Crippen LogP contribution < -0.4 is 10.9 Å². The van der Waals surface area contributed by atoms with Crippen molar-refractivity contribution in [2.75, 3.05) is 0 Å². The minimum atomic E-state index is -0.257. The molecule has 0 fully saturated rings. The molecule has 0 unspecified atom stereocenters. The molecular weight excluding hydrogens is 250 g/mol. The minimum Gasteiger partial charge on any atom is -0.299 e. The Hall–Kier alpha value is -2.88. The largest absolute Gasteiger partial charge is 0.299 e. The molecular formula is C16H15N3O. The molecule has 0 atom stereocenters. The summed E-state index contributed by atoms with van der Waals surface area (Å²) < 4.78 is 0. The lowest BCUT2D eigenvalue weighted by Crippen LogP contribution is -2.35. The third-order valence-electron chi connectivity index (χ3n) is 2.54. The Bertz CT molecular complexity index is 606. The number of benzene rings is 1. The number of aromatic nitrogens is 1. The fraction of sp³-hybridized carbons (Fsp3) is 0. The van der Waals surface area contributed by atoms with E-state index in [1.54, 1.807) is 24.4 Å². The molecule has 1 heterocycles. The van der Waals surface area contributed by atoms with Gasteiger partial charge in [-0.2, -0.15) is 0 Å². The summed E-state index contributed by atoms with van der Waals surface area (Å²) in [6, 6.07) is 13.2. The van der Waals surface area contributed by atoms with Crippen molar-refractivity contribution in [3.05, 3.63) is 84.3 Å². The lowest BCUT2D eigenvalue weighted by Gasteiger charge is -2.07. The van der Waals surface area contributed by atoms with Gasteiger partial charge in [-0.25, -0.2) is 0 Å². The molecule has 2 N–H and O–H groups in total. The first kappa shape index (κ1) is 13.5. The predicted octanol–water partition coefficient (Wildman–Crippen LogP) is 2.54. The van der Waals surface area contributed by atoms with Gasteiger partial charge in [0, 0.05) is 18.1 Å². The van der Waals surface area contributed by atoms with Crippen LogP contribution in [0.5, 0.6) is 0 Å². The van der Waals surface area contributed by atoms with E-state index in [1.807, 2.05) is 36.4 Å². The summed E-state index contributed by atoms with van der Waals surface area (Å²) in [7, 11) is 0. The van der Waals surface area contributed by atoms with Crippen LogP contribution in [0.25, 0.3) is 6.08 Å². The van der Waals surface area contributed by atoms with E-state index >= 15 is 0 Å². The smallest absolute Gasteiger partial charge is 0.271 e. The first-order valence-corrected chi connectivity index (χ1v) is 6.14. The second-order valence-electron chi connectivity index (χ2n) is 4.09. The van der Waals surface area contributed by atoms with Crippen LogP contribution in [0.1, 0.15) is 15.9 Å². The molecule has 0 radical (unpaired) electrons. The zero-order valence-electron chi connectivity index (χ0n) is 10.9. The Morgan fingerprint density at radius 2 is 1.90 bits per heavy atom. The van der Waals surface area contributed by atoms with Gasteiger partial charge in [0.1, 0.15) is 0 Å². The Balaban J connectivity index is 1.84. The third-order valence-corrected chi connectivity index (χ3v) is 2.54. The highest BCUT2D eigenvalue weighted by atomic mass is 16.2. The van der Waals surface area contributed by atoms with Gasteiger partial charge in [-0.1, -0.05) is 43.0 Å². The van der Waals surface area contributed by atoms with Crippen LogP contribution in [0, 0.1) is 0 Å². The number of pyridine rings is 1. The molecule has 2 rings (SSSR count). The molecule has 1 amide bonds. The average molecular weight is 265 g/mol. The maximum atomic E-state index is 11.7. The SMILES string of the molecule is C=C(C=Cc1ccccc1)NNC(=O)c1cccnc1. The molecule has 0 saturated heterocycles. The molecule has 2 aromatic rings. The number of hydrogen-bond acceptors (Lipinski definition) is 3. The molecule has 0 aliphatic carbocycles. The number of carbonyl (C=O) groups excluding carboxylic acids is 1. The highest BCUT2D eigenvalue weighted by Crippen LogP contribution is 2.02. The maximum Gasteiger partial charge on any atom is 0.271 e. The summed E-state index contributed by atoms with van der Waals surface area (Å²) in [4.78, 5) is 15.6. The predicted molar refractivity (Wildman–Crippen MR) is 79.5 cm³/mol. The van der Waals surface area contributed by atoms with Crippen LogP contribution in [-0.4, -0.2) is 10.9 Å². The number of rotatable bonds is 5. The molecule has 4 heteroatoms. The first-order chi connectivity index (χ1) is 9.75. The Kier molecular flexibility index (Phi) is 4.67. The van der Waals surface area contributed by atoms with E-state index < -0.39 is 0 Å². The summed E-state index contributed by atoms with van der Waals surface area (Å²) in [5, 5.41) is 0. The van der Waals surface area contributed by atoms with Gasteiger partial charge >= 0.3 is 0 Å². The molecule has 100 valence electrons. The summed E-state index contributed by atoms with van der Waals surface area (Å²) in [6.45, 7) is 3.81. The highest BCUT2D eigenvalue weighted by molar-refractivity contribution is 5.93. The van der Waals surface area contributed by atoms with E-state index in [-0.39, 0.29) is 5.91 Å². The monoisotopic (exact) mass is 265 g/mol. The minimum absolute atomic E-state index is 0.257. The van der Waals surface area contributed by atoms with Crippen LogP contribution in [0.4, 0.5) is 0 Å². The van der Waals surface area contributed by atoms with Crippen molar-refractivity contribution in [2.45, 2.75) is 0 Å². The fourth-order valence-corrected chi connectivity index (χ4v) is 1.51. The molecule has 0 saturated carbocycles. The van der Waals surface area contributed by atoms with Crippen molar-refractivity contribution >= 4 is 12.0 Å². The molecule has 4 nitrogen and oxygen atoms in total. The lowest BCUT2D eigenvalue weighted by molar-refractivity contribution is 0.0939. The molecule has 0 aliphatic heterocycles. The topological polar surface area (TPSA) is 54.0 Å². The molecule has 0 spiro atoms. The molecule has 0 bridgehead atoms. The quantitative estimate of drug-likeness (QED) is 0.645. The second kappa shape index (κ2) is 6.89. The number of hydrogen-bond donors (Lipinski definition) is 2. The average Bonchev–Trinajstić information content (AvgIpc) is 2.52. The number of amides is 1. The van der Waals surface area contributed by atoms with E-state index in [0.717, 1.165) is 5.56 Å². The fourth-order valence-electron chi connectivity index (χ4n) is 1.51. The van der Waals surface area contributed by atoms with Gasteiger partial charge in [0.05, 0.1) is 5.56 Å². The van der Waals surface area contributed by atoms with Crippen molar-refractivity contribution in [2.24, 2.45) is 0 Å². The number of nitrogens with one attached hydrogen (secondary N) is 2. The van der Waals surface area contributed by atoms with Gasteiger partial charge in [-0.3, -0.25) is 20.6 Å². The van der Waals surface area contributed by atoms with Gasteiger partial charge in [0.15, 0.2) is 0 Å². The van der Waals surface area contributed by atoms with E-state index in [0.29, 0.717) is 11.3 Å². The van der Waals surface area contributed by atoms with Crippen LogP contribution in [-0.2, 0) is 0 Å². The normalized spacial score (nSPS) is 10.2. The summed E-state index contributed by atoms with van der Waals surface area (Å²) >= 11 is 0. The van der Waals surface area contributed by atoms with Crippen molar-refractivity contribution in [1.29, 1.82) is 0 Å². The molecule has 0 aliphatic rings. The van der Waals surface area contributed by atoms with Gasteiger partial charge < -0.3 is 0 Å². The Morgan fingerprint density at radius 3 is 2.60 bits per heavy atom. The second-order valence-corrected chi connectivity index (χ2v) is 4.09. The van der Waals surface area contributed by atoms with E-state index in [1.165, 1.54) is 6.20 Å². The third kappa shape index (κ3) is 4.10. The zero-order chi connectivity index (χ0) is 14.2. The van der Waals surface area contributed by atoms with Crippen LogP contribution in [0.15, 0.2) is 73.2 Å². The van der Waals surface area contributed by atoms with Crippen molar-refractivity contribution in [3.63, 3.8) is 0 Å². The summed E-state index contributed by atoms with van der Waals surface area (Å²) in [6.07, 6.45) is 6.82. The summed E-state index contributed by atoms with van der Waals surface area (Å²) in [5.74, 6) is -0.257. The van der Waals surface area contributed by atoms with Gasteiger partial charge in [-0.15, -0.1) is 0 Å². The maximum absolute atomic E-state index is 11.7. The Morgan fingerprint density at radius 1 is 1.10 bits per heavy atom. The molecule has 20 heavy (non-hydrogen) atoms. The summed E-state index contributed by atoms with van der Waals surface area (Å²) in [5.41, 5.74) is 7.44. The van der Waals surface area contributed by atoms with Crippen molar-refractivity contribution in [1.82, 2.24) is 15.8 Å². The highest BCUT2D eigenvalue weighted by Gasteiger charge is 2.03. The van der Waals surface area contributed by atoms with E-state index in [2.05, 4.69) is 22.4 Å². The van der Waals surface area contributed by atoms with Crippen molar-refractivity contribution < 1.29 is 4.79 Å². The van der Waals surface area contributed by atoms with Gasteiger partial charge in [0.25, 0.3) is 5.91 Å². The first-order valence-electron chi connectivity index (χ1n) is 6.14. The van der Waals surface area contributed by atoms with Crippen molar-refractivity contribution in [3.8, 4) is 0 Å². The lowest BCUT2D eigenvalue weighted by atomic mass is 10.2. The molecule has 1 aromatic heterocycles. The zero-order valence-corrected chi connectivity index (χ0v) is 10.9. The Labute approximate surface area is 117 Å². The van der Waals surface area contributed by atoms with E-state index in [4.69, 9.17) is 0 Å². The van der Waals surface area contributed by atoms with Gasteiger partial charge in [0.2, 0.25) is 0 Å². The van der Waals surface area contributed by atoms with E-state index in [9.17, 15) is 4.79 Å². The number of carbonyl (C=O) groups is 1. The number of nitrogens with zero attached hydrogens (tertiary/aromatic N) is 1. The molecule has 1 aromatic carbocycles. The van der Waals surface area contributed by atoms with Crippen LogP contribution in [0.3, 0.4) is 0 Å². The number of allylic oxidation sites excluding steroid dienone is 1. The van der Waals surface area contributed by atoms with Crippen LogP contribution in [0.2, 0.25) is 0 Å². The number of hydrazine groups is 1. The van der Waals surface area contributed by atoms with Gasteiger partial charge in [-0.05, 0) is 23.8 Å².